The Morgan fingerprint density at radius 1 is 1.38 bits per heavy atom. The van der Waals surface area contributed by atoms with E-state index in [-0.39, 0.29) is 0 Å². The SMILES string of the molecule is Cc1nc(N)cn1-c1ccccn1. The molecule has 0 fully saturated rings. The Morgan fingerprint density at radius 2 is 2.23 bits per heavy atom. The van der Waals surface area contributed by atoms with Crippen LogP contribution in [0.1, 0.15) is 5.82 Å². The largest absolute Gasteiger partial charge is 0.382 e. The van der Waals surface area contributed by atoms with Crippen LogP contribution in [0.25, 0.3) is 5.82 Å². The van der Waals surface area contributed by atoms with Gasteiger partial charge in [0, 0.05) is 6.20 Å². The summed E-state index contributed by atoms with van der Waals surface area (Å²) < 4.78 is 1.86. The first-order valence-corrected chi connectivity index (χ1v) is 4.00. The zero-order valence-corrected chi connectivity index (χ0v) is 7.31. The number of nitrogens with zero attached hydrogens (tertiary/aromatic N) is 3. The van der Waals surface area contributed by atoms with Crippen molar-refractivity contribution in [1.29, 1.82) is 0 Å². The number of nitrogens with two attached hydrogens (primary N) is 1. The lowest BCUT2D eigenvalue weighted by atomic mass is 10.4. The molecule has 2 heterocycles. The molecule has 0 saturated carbocycles. The number of hydrogen-bond acceptors (Lipinski definition) is 3. The minimum absolute atomic E-state index is 0.517. The maximum Gasteiger partial charge on any atom is 0.142 e. The van der Waals surface area contributed by atoms with E-state index in [2.05, 4.69) is 9.97 Å². The van der Waals surface area contributed by atoms with Gasteiger partial charge in [0.2, 0.25) is 0 Å². The summed E-state index contributed by atoms with van der Waals surface area (Å²) in [6.45, 7) is 1.89. The second-order valence-corrected chi connectivity index (χ2v) is 2.77. The topological polar surface area (TPSA) is 56.7 Å². The van der Waals surface area contributed by atoms with Gasteiger partial charge in [-0.05, 0) is 19.1 Å². The summed E-state index contributed by atoms with van der Waals surface area (Å²) >= 11 is 0. The Hall–Kier alpha value is -1.84. The molecule has 0 aliphatic rings. The van der Waals surface area contributed by atoms with Gasteiger partial charge in [0.05, 0.1) is 6.20 Å². The standard InChI is InChI=1S/C9H10N4/c1-7-12-8(10)6-13(7)9-4-2-3-5-11-9/h2-6H,10H2,1H3. The van der Waals surface area contributed by atoms with Crippen LogP contribution < -0.4 is 5.73 Å². The normalized spacial score (nSPS) is 10.2. The number of imidazole rings is 1. The zero-order valence-electron chi connectivity index (χ0n) is 7.31. The smallest absolute Gasteiger partial charge is 0.142 e. The quantitative estimate of drug-likeness (QED) is 0.705. The average molecular weight is 174 g/mol. The summed E-state index contributed by atoms with van der Waals surface area (Å²) in [6.07, 6.45) is 3.50. The first-order valence-electron chi connectivity index (χ1n) is 4.00. The number of pyridine rings is 1. The zero-order chi connectivity index (χ0) is 9.26. The molecule has 0 atom stereocenters. The van der Waals surface area contributed by atoms with Gasteiger partial charge in [0.25, 0.3) is 0 Å². The molecule has 2 rings (SSSR count). The summed E-state index contributed by atoms with van der Waals surface area (Å²) in [5.74, 6) is 2.20. The number of aromatic nitrogens is 3. The second kappa shape index (κ2) is 2.90. The minimum atomic E-state index is 0.517. The van der Waals surface area contributed by atoms with E-state index in [1.807, 2.05) is 29.7 Å². The number of anilines is 1. The molecule has 0 bridgehead atoms. The highest BCUT2D eigenvalue weighted by Gasteiger charge is 2.02. The molecule has 2 aromatic heterocycles. The molecule has 0 radical (unpaired) electrons. The Labute approximate surface area is 76.1 Å². The van der Waals surface area contributed by atoms with Crippen LogP contribution in [0.4, 0.5) is 5.82 Å². The highest BCUT2D eigenvalue weighted by atomic mass is 15.1. The van der Waals surface area contributed by atoms with Gasteiger partial charge in [-0.15, -0.1) is 0 Å². The maximum atomic E-state index is 5.56. The summed E-state index contributed by atoms with van der Waals surface area (Å²) in [5.41, 5.74) is 5.56. The van der Waals surface area contributed by atoms with Crippen molar-refractivity contribution in [3.05, 3.63) is 36.4 Å². The third kappa shape index (κ3) is 1.38. The molecular weight excluding hydrogens is 164 g/mol. The van der Waals surface area contributed by atoms with Crippen molar-refractivity contribution in [2.45, 2.75) is 6.92 Å². The Balaban J connectivity index is 2.53. The van der Waals surface area contributed by atoms with E-state index in [9.17, 15) is 0 Å². The maximum absolute atomic E-state index is 5.56. The van der Waals surface area contributed by atoms with E-state index in [1.54, 1.807) is 12.4 Å². The van der Waals surface area contributed by atoms with Crippen molar-refractivity contribution in [2.24, 2.45) is 0 Å². The van der Waals surface area contributed by atoms with Crippen LogP contribution in [-0.2, 0) is 0 Å². The highest BCUT2D eigenvalue weighted by molar-refractivity contribution is 5.33. The molecular formula is C9H10N4. The van der Waals surface area contributed by atoms with Crippen LogP contribution in [0.2, 0.25) is 0 Å². The molecule has 0 aliphatic heterocycles. The fourth-order valence-electron chi connectivity index (χ4n) is 1.22. The third-order valence-corrected chi connectivity index (χ3v) is 1.80. The van der Waals surface area contributed by atoms with Gasteiger partial charge in [0.1, 0.15) is 17.5 Å². The van der Waals surface area contributed by atoms with Crippen LogP contribution in [0.5, 0.6) is 0 Å². The third-order valence-electron chi connectivity index (χ3n) is 1.80. The molecule has 0 unspecified atom stereocenters. The molecule has 0 spiro atoms. The fourth-order valence-corrected chi connectivity index (χ4v) is 1.22. The monoisotopic (exact) mass is 174 g/mol. The van der Waals surface area contributed by atoms with Crippen molar-refractivity contribution in [2.75, 3.05) is 5.73 Å². The summed E-state index contributed by atoms with van der Waals surface area (Å²) in [7, 11) is 0. The highest BCUT2D eigenvalue weighted by Crippen LogP contribution is 2.09. The van der Waals surface area contributed by atoms with E-state index in [1.165, 1.54) is 0 Å². The van der Waals surface area contributed by atoms with Crippen molar-refractivity contribution in [3.63, 3.8) is 0 Å². The second-order valence-electron chi connectivity index (χ2n) is 2.77. The lowest BCUT2D eigenvalue weighted by Gasteiger charge is -2.01. The molecule has 4 heteroatoms. The molecule has 2 N–H and O–H groups in total. The Bertz CT molecular complexity index is 405. The van der Waals surface area contributed by atoms with E-state index < -0.39 is 0 Å². The number of hydrogen-bond donors (Lipinski definition) is 1. The molecule has 13 heavy (non-hydrogen) atoms. The van der Waals surface area contributed by atoms with Crippen LogP contribution >= 0.6 is 0 Å². The summed E-state index contributed by atoms with van der Waals surface area (Å²) in [6, 6.07) is 5.71. The van der Waals surface area contributed by atoms with Gasteiger partial charge in [-0.2, -0.15) is 0 Å². The lowest BCUT2D eigenvalue weighted by molar-refractivity contribution is 0.933. The van der Waals surface area contributed by atoms with Gasteiger partial charge in [-0.1, -0.05) is 6.07 Å². The molecule has 0 saturated heterocycles. The van der Waals surface area contributed by atoms with E-state index in [4.69, 9.17) is 5.73 Å². The summed E-state index contributed by atoms with van der Waals surface area (Å²) in [5, 5.41) is 0. The number of rotatable bonds is 1. The molecule has 4 nitrogen and oxygen atoms in total. The van der Waals surface area contributed by atoms with Gasteiger partial charge < -0.3 is 5.73 Å². The predicted molar refractivity (Wildman–Crippen MR) is 50.5 cm³/mol. The van der Waals surface area contributed by atoms with E-state index in [0.717, 1.165) is 11.6 Å². The van der Waals surface area contributed by atoms with Crippen molar-refractivity contribution in [3.8, 4) is 5.82 Å². The Kier molecular flexibility index (Phi) is 1.73. The van der Waals surface area contributed by atoms with Crippen molar-refractivity contribution < 1.29 is 0 Å². The van der Waals surface area contributed by atoms with E-state index >= 15 is 0 Å². The predicted octanol–water partition coefficient (Wildman–Crippen LogP) is 1.16. The molecule has 0 amide bonds. The molecule has 2 aromatic rings. The molecule has 66 valence electrons. The van der Waals surface area contributed by atoms with E-state index in [0.29, 0.717) is 5.82 Å². The minimum Gasteiger partial charge on any atom is -0.382 e. The molecule has 0 aromatic carbocycles. The van der Waals surface area contributed by atoms with Crippen LogP contribution in [0, 0.1) is 6.92 Å². The lowest BCUT2D eigenvalue weighted by Crippen LogP contribution is -1.97. The summed E-state index contributed by atoms with van der Waals surface area (Å²) in [4.78, 5) is 8.28. The van der Waals surface area contributed by atoms with Gasteiger partial charge in [-0.25, -0.2) is 9.97 Å². The van der Waals surface area contributed by atoms with Crippen molar-refractivity contribution in [1.82, 2.24) is 14.5 Å². The first-order chi connectivity index (χ1) is 6.27. The van der Waals surface area contributed by atoms with Gasteiger partial charge in [-0.3, -0.25) is 4.57 Å². The fraction of sp³-hybridized carbons (Fsp3) is 0.111. The van der Waals surface area contributed by atoms with Crippen LogP contribution in [0.3, 0.4) is 0 Å². The average Bonchev–Trinajstić information content (AvgIpc) is 2.47. The van der Waals surface area contributed by atoms with Crippen molar-refractivity contribution >= 4 is 5.82 Å². The van der Waals surface area contributed by atoms with Crippen LogP contribution in [-0.4, -0.2) is 14.5 Å². The first kappa shape index (κ1) is 7.79. The van der Waals surface area contributed by atoms with Gasteiger partial charge in [0.15, 0.2) is 0 Å². The van der Waals surface area contributed by atoms with Crippen LogP contribution in [0.15, 0.2) is 30.6 Å². The Morgan fingerprint density at radius 3 is 2.77 bits per heavy atom. The number of aryl methyl sites for hydroxylation is 1. The van der Waals surface area contributed by atoms with Gasteiger partial charge >= 0.3 is 0 Å². The number of nitrogen functional groups attached to an aromatic ring is 1. The molecule has 0 aliphatic carbocycles.